The number of carbonyl (C=O) groups excluding carboxylic acids is 1. The highest BCUT2D eigenvalue weighted by molar-refractivity contribution is 7.18. The Bertz CT molecular complexity index is 1070. The van der Waals surface area contributed by atoms with Crippen LogP contribution in [-0.2, 0) is 0 Å². The average Bonchev–Trinajstić information content (AvgIpc) is 3.15. The van der Waals surface area contributed by atoms with Gasteiger partial charge in [0.1, 0.15) is 11.0 Å². The highest BCUT2D eigenvalue weighted by Gasteiger charge is 2.44. The number of thiazole rings is 1. The fourth-order valence-electron chi connectivity index (χ4n) is 4.50. The van der Waals surface area contributed by atoms with Crippen LogP contribution in [0.5, 0.6) is 0 Å². The van der Waals surface area contributed by atoms with Crippen LogP contribution in [0.1, 0.15) is 58.9 Å². The number of nitrogens with zero attached hydrogens (tertiary/aromatic N) is 4. The lowest BCUT2D eigenvalue weighted by Gasteiger charge is -2.31. The van der Waals surface area contributed by atoms with Crippen LogP contribution < -0.4 is 5.32 Å². The van der Waals surface area contributed by atoms with E-state index in [1.807, 2.05) is 23.1 Å². The molecule has 7 nitrogen and oxygen atoms in total. The predicted octanol–water partition coefficient (Wildman–Crippen LogP) is 3.51. The molecule has 0 bridgehead atoms. The maximum Gasteiger partial charge on any atom is 0.292 e. The molecule has 1 saturated heterocycles. The van der Waals surface area contributed by atoms with Gasteiger partial charge in [-0.3, -0.25) is 9.79 Å². The molecule has 1 N–H and O–H groups in total. The molecule has 1 amide bonds. The molecule has 0 spiro atoms. The third-order valence-corrected chi connectivity index (χ3v) is 7.21. The van der Waals surface area contributed by atoms with E-state index in [-0.39, 0.29) is 24.0 Å². The van der Waals surface area contributed by atoms with Gasteiger partial charge < -0.3 is 14.6 Å². The van der Waals surface area contributed by atoms with Gasteiger partial charge in [0, 0.05) is 12.5 Å². The summed E-state index contributed by atoms with van der Waals surface area (Å²) in [5.41, 5.74) is 1.78. The minimum atomic E-state index is -0.212. The highest BCUT2D eigenvalue weighted by atomic mass is 32.1. The van der Waals surface area contributed by atoms with Gasteiger partial charge in [-0.1, -0.05) is 12.1 Å². The number of fused-ring (bicyclic) bond motifs is 2. The summed E-state index contributed by atoms with van der Waals surface area (Å²) in [5, 5.41) is 4.31. The first-order valence-electron chi connectivity index (χ1n) is 10.2. The van der Waals surface area contributed by atoms with E-state index in [0.29, 0.717) is 18.2 Å². The Morgan fingerprint density at radius 2 is 2.14 bits per heavy atom. The van der Waals surface area contributed by atoms with Crippen molar-refractivity contribution in [1.82, 2.24) is 20.2 Å². The smallest absolute Gasteiger partial charge is 0.292 e. The summed E-state index contributed by atoms with van der Waals surface area (Å²) in [7, 11) is 0. The van der Waals surface area contributed by atoms with E-state index in [1.54, 1.807) is 17.7 Å². The second-order valence-electron chi connectivity index (χ2n) is 7.99. The van der Waals surface area contributed by atoms with Crippen LogP contribution in [-0.4, -0.2) is 45.7 Å². The largest absolute Gasteiger partial charge is 0.438 e. The van der Waals surface area contributed by atoms with Crippen molar-refractivity contribution in [3.63, 3.8) is 0 Å². The first-order chi connectivity index (χ1) is 14.3. The number of carbonyl (C=O) groups is 1. The van der Waals surface area contributed by atoms with E-state index in [4.69, 9.17) is 14.4 Å². The third kappa shape index (κ3) is 2.85. The number of rotatable bonds is 3. The Kier molecular flexibility index (Phi) is 3.94. The fraction of sp³-hybridized carbons (Fsp3) is 0.429. The second kappa shape index (κ2) is 6.66. The molecular formula is C21H21N5O2S. The molecule has 3 aromatic rings. The summed E-state index contributed by atoms with van der Waals surface area (Å²) in [6, 6.07) is 8.08. The zero-order valence-electron chi connectivity index (χ0n) is 15.8. The van der Waals surface area contributed by atoms with Gasteiger partial charge in [-0.15, -0.1) is 11.3 Å². The normalized spacial score (nSPS) is 26.3. The number of benzene rings is 1. The molecule has 4 heterocycles. The number of hydrogen-bond acceptors (Lipinski definition) is 7. The first-order valence-corrected chi connectivity index (χ1v) is 11.0. The molecule has 2 aliphatic heterocycles. The lowest BCUT2D eigenvalue weighted by molar-refractivity contribution is 0.0629. The van der Waals surface area contributed by atoms with E-state index in [1.165, 1.54) is 6.39 Å². The van der Waals surface area contributed by atoms with Gasteiger partial charge in [-0.05, 0) is 37.8 Å². The van der Waals surface area contributed by atoms with E-state index in [2.05, 4.69) is 16.4 Å². The van der Waals surface area contributed by atoms with Gasteiger partial charge >= 0.3 is 0 Å². The van der Waals surface area contributed by atoms with Crippen molar-refractivity contribution in [2.75, 3.05) is 6.54 Å². The van der Waals surface area contributed by atoms with E-state index < -0.39 is 0 Å². The van der Waals surface area contributed by atoms with E-state index in [0.717, 1.165) is 46.6 Å². The Morgan fingerprint density at radius 3 is 3.00 bits per heavy atom. The molecule has 6 rings (SSSR count). The zero-order chi connectivity index (χ0) is 19.4. The highest BCUT2D eigenvalue weighted by Crippen LogP contribution is 2.43. The zero-order valence-corrected chi connectivity index (χ0v) is 16.6. The minimum absolute atomic E-state index is 0.0469. The summed E-state index contributed by atoms with van der Waals surface area (Å²) >= 11 is 1.65. The van der Waals surface area contributed by atoms with Gasteiger partial charge in [-0.25, -0.2) is 9.97 Å². The molecule has 1 aromatic carbocycles. The quantitative estimate of drug-likeness (QED) is 0.718. The molecule has 8 heteroatoms. The number of para-hydroxylation sites is 1. The monoisotopic (exact) mass is 407 g/mol. The van der Waals surface area contributed by atoms with Gasteiger partial charge in [-0.2, -0.15) is 0 Å². The maximum atomic E-state index is 13.7. The molecule has 2 unspecified atom stereocenters. The Balaban J connectivity index is 1.44. The van der Waals surface area contributed by atoms with Crippen molar-refractivity contribution in [1.29, 1.82) is 0 Å². The number of likely N-dealkylation sites (tertiary alicyclic amines) is 1. The molecule has 2 fully saturated rings. The predicted molar refractivity (Wildman–Crippen MR) is 110 cm³/mol. The summed E-state index contributed by atoms with van der Waals surface area (Å²) in [4.78, 5) is 29.5. The van der Waals surface area contributed by atoms with Crippen molar-refractivity contribution in [2.45, 2.75) is 49.7 Å². The van der Waals surface area contributed by atoms with Crippen LogP contribution in [0.2, 0.25) is 0 Å². The Hall–Kier alpha value is -2.74. The van der Waals surface area contributed by atoms with Crippen molar-refractivity contribution < 1.29 is 9.21 Å². The standard InChI is InChI=1S/C21H21N5O2S/c27-21(19-16(12-7-8-12)24-11-28-19)26-9-3-5-14-17(23-10-22-14)18(26)20-25-13-4-1-2-6-15(13)29-20/h1-2,4,6,10-12,14,17-18H,3,5,7-9H2,(H,22,23)/t14?,17?,18-/m0/s1. The first kappa shape index (κ1) is 17.1. The van der Waals surface area contributed by atoms with Crippen molar-refractivity contribution in [2.24, 2.45) is 4.99 Å². The van der Waals surface area contributed by atoms with Crippen LogP contribution in [0, 0.1) is 0 Å². The molecule has 0 radical (unpaired) electrons. The molecule has 3 aliphatic rings. The molecule has 2 aromatic heterocycles. The third-order valence-electron chi connectivity index (χ3n) is 6.10. The van der Waals surface area contributed by atoms with Crippen LogP contribution in [0.25, 0.3) is 10.2 Å². The molecule has 1 aliphatic carbocycles. The van der Waals surface area contributed by atoms with E-state index >= 15 is 0 Å². The van der Waals surface area contributed by atoms with Gasteiger partial charge in [0.05, 0.1) is 34.3 Å². The number of hydrogen-bond donors (Lipinski definition) is 1. The Labute approximate surface area is 171 Å². The van der Waals surface area contributed by atoms with Crippen molar-refractivity contribution >= 4 is 33.8 Å². The number of amides is 1. The van der Waals surface area contributed by atoms with Crippen LogP contribution in [0.3, 0.4) is 0 Å². The van der Waals surface area contributed by atoms with Crippen molar-refractivity contribution in [3.8, 4) is 0 Å². The van der Waals surface area contributed by atoms with Gasteiger partial charge in [0.25, 0.3) is 5.91 Å². The van der Waals surface area contributed by atoms with Crippen LogP contribution in [0.4, 0.5) is 0 Å². The van der Waals surface area contributed by atoms with Crippen LogP contribution >= 0.6 is 11.3 Å². The summed E-state index contributed by atoms with van der Waals surface area (Å²) in [5.74, 6) is 0.669. The summed E-state index contributed by atoms with van der Waals surface area (Å²) < 4.78 is 6.73. The second-order valence-corrected chi connectivity index (χ2v) is 9.05. The molecular weight excluding hydrogens is 386 g/mol. The topological polar surface area (TPSA) is 83.6 Å². The van der Waals surface area contributed by atoms with Gasteiger partial charge in [0.15, 0.2) is 6.39 Å². The molecule has 148 valence electrons. The SMILES string of the molecule is O=C(c1ocnc1C1CC1)N1CCCC2NC=NC2[C@H]1c1nc2ccccc2s1. The summed E-state index contributed by atoms with van der Waals surface area (Å²) in [6.45, 7) is 0.661. The van der Waals surface area contributed by atoms with Crippen molar-refractivity contribution in [3.05, 3.63) is 47.1 Å². The molecule has 3 atom stereocenters. The lowest BCUT2D eigenvalue weighted by atomic mass is 9.99. The average molecular weight is 407 g/mol. The molecule has 1 saturated carbocycles. The summed E-state index contributed by atoms with van der Waals surface area (Å²) in [6.07, 6.45) is 7.23. The number of aliphatic imine (C=N–C) groups is 1. The minimum Gasteiger partial charge on any atom is -0.438 e. The number of oxazole rings is 1. The van der Waals surface area contributed by atoms with Gasteiger partial charge in [0.2, 0.25) is 5.76 Å². The van der Waals surface area contributed by atoms with E-state index in [9.17, 15) is 4.79 Å². The molecule has 29 heavy (non-hydrogen) atoms. The Morgan fingerprint density at radius 1 is 1.24 bits per heavy atom. The number of nitrogens with one attached hydrogen (secondary N) is 1. The number of aromatic nitrogens is 2. The lowest BCUT2D eigenvalue weighted by Crippen LogP contribution is -2.43. The van der Waals surface area contributed by atoms with Crippen LogP contribution in [0.15, 0.2) is 40.1 Å². The fourth-order valence-corrected chi connectivity index (χ4v) is 5.63. The maximum absolute atomic E-state index is 13.7.